The molecule has 1 fully saturated rings. The number of rotatable bonds is 5. The van der Waals surface area contributed by atoms with Gasteiger partial charge in [-0.2, -0.15) is 4.39 Å². The third-order valence-electron chi connectivity index (χ3n) is 4.72. The van der Waals surface area contributed by atoms with Crippen molar-refractivity contribution in [2.45, 2.75) is 51.0 Å². The van der Waals surface area contributed by atoms with E-state index in [4.69, 9.17) is 6.42 Å². The van der Waals surface area contributed by atoms with Gasteiger partial charge < -0.3 is 10.6 Å². The quantitative estimate of drug-likeness (QED) is 0.616. The topological polar surface area (TPSA) is 66.9 Å². The second-order valence-electron chi connectivity index (χ2n) is 7.33. The number of nitrogens with one attached hydrogen (secondary N) is 2. The second-order valence-corrected chi connectivity index (χ2v) is 7.33. The smallest absolute Gasteiger partial charge is 0.256 e. The van der Waals surface area contributed by atoms with E-state index < -0.39 is 17.4 Å². The Morgan fingerprint density at radius 3 is 2.63 bits per heavy atom. The Kier molecular flexibility index (Phi) is 5.41. The lowest BCUT2D eigenvalue weighted by Crippen LogP contribution is -2.42. The fourth-order valence-electron chi connectivity index (χ4n) is 3.18. The normalized spacial score (nSPS) is 14.6. The summed E-state index contributed by atoms with van der Waals surface area (Å²) in [5.74, 6) is 2.03. The first kappa shape index (κ1) is 18.8. The molecule has 0 aliphatic heterocycles. The van der Waals surface area contributed by atoms with Gasteiger partial charge in [-0.25, -0.2) is 4.98 Å². The van der Waals surface area contributed by atoms with Gasteiger partial charge in [0, 0.05) is 11.6 Å². The first-order chi connectivity index (χ1) is 12.9. The van der Waals surface area contributed by atoms with Crippen LogP contribution in [-0.4, -0.2) is 21.4 Å². The predicted octanol–water partition coefficient (Wildman–Crippen LogP) is 4.16. The number of pyridine rings is 2. The molecule has 6 heteroatoms. The van der Waals surface area contributed by atoms with Gasteiger partial charge in [-0.15, -0.1) is 6.42 Å². The van der Waals surface area contributed by atoms with Gasteiger partial charge in [0.1, 0.15) is 5.82 Å². The number of carbonyl (C=O) groups is 1. The first-order valence-electron chi connectivity index (χ1n) is 9.08. The molecule has 5 nitrogen and oxygen atoms in total. The third kappa shape index (κ3) is 4.62. The third-order valence-corrected chi connectivity index (χ3v) is 4.72. The summed E-state index contributed by atoms with van der Waals surface area (Å²) in [6.45, 7) is 3.42. The summed E-state index contributed by atoms with van der Waals surface area (Å²) in [6, 6.07) is 6.37. The number of carbonyl (C=O) groups excluding carboxylic acids is 1. The fourth-order valence-corrected chi connectivity index (χ4v) is 3.18. The minimum absolute atomic E-state index is 0.121. The molecule has 1 amide bonds. The molecule has 2 aromatic heterocycles. The van der Waals surface area contributed by atoms with Crippen LogP contribution in [0, 0.1) is 18.3 Å². The zero-order valence-corrected chi connectivity index (χ0v) is 15.6. The largest absolute Gasteiger partial charge is 0.338 e. The molecule has 0 aromatic carbocycles. The van der Waals surface area contributed by atoms with Crippen LogP contribution in [0.25, 0.3) is 0 Å². The van der Waals surface area contributed by atoms with Crippen LogP contribution in [0.1, 0.15) is 61.5 Å². The molecule has 0 radical (unpaired) electrons. The lowest BCUT2D eigenvalue weighted by Gasteiger charge is -2.20. The van der Waals surface area contributed by atoms with Crippen molar-refractivity contribution in [1.82, 2.24) is 15.3 Å². The minimum Gasteiger partial charge on any atom is -0.338 e. The maximum Gasteiger partial charge on any atom is 0.256 e. The van der Waals surface area contributed by atoms with Gasteiger partial charge in [0.15, 0.2) is 0 Å². The molecule has 2 aromatic rings. The van der Waals surface area contributed by atoms with E-state index in [1.54, 1.807) is 20.0 Å². The number of anilines is 2. The van der Waals surface area contributed by atoms with Crippen LogP contribution < -0.4 is 10.6 Å². The summed E-state index contributed by atoms with van der Waals surface area (Å²) in [5.41, 5.74) is 1.09. The van der Waals surface area contributed by atoms with Crippen molar-refractivity contribution in [1.29, 1.82) is 0 Å². The van der Waals surface area contributed by atoms with E-state index in [0.717, 1.165) is 11.8 Å². The van der Waals surface area contributed by atoms with Crippen LogP contribution in [0.2, 0.25) is 0 Å². The Bertz CT molecular complexity index is 865. The standard InChI is InChI=1S/C21H23FN4O/c1-4-21(2,3)26-20(27)16-10-12-18(22)25-19(16)24-15-9-11-17(23-13-15)14-7-5-6-8-14/h1,9-14H,5-8H2,2-3H3,(H,24,25)(H,26,27). The van der Waals surface area contributed by atoms with Crippen molar-refractivity contribution in [3.8, 4) is 12.3 Å². The molecule has 1 saturated carbocycles. The summed E-state index contributed by atoms with van der Waals surface area (Å²) >= 11 is 0. The van der Waals surface area contributed by atoms with Crippen molar-refractivity contribution in [3.63, 3.8) is 0 Å². The second kappa shape index (κ2) is 7.75. The molecule has 0 atom stereocenters. The summed E-state index contributed by atoms with van der Waals surface area (Å²) in [7, 11) is 0. The van der Waals surface area contributed by atoms with Crippen LogP contribution in [0.5, 0.6) is 0 Å². The van der Waals surface area contributed by atoms with Crippen LogP contribution in [-0.2, 0) is 0 Å². The van der Waals surface area contributed by atoms with Gasteiger partial charge in [0.2, 0.25) is 5.95 Å². The van der Waals surface area contributed by atoms with E-state index >= 15 is 0 Å². The lowest BCUT2D eigenvalue weighted by molar-refractivity contribution is 0.0930. The molecular formula is C21H23FN4O. The molecule has 0 unspecified atom stereocenters. The molecule has 1 aliphatic carbocycles. The van der Waals surface area contributed by atoms with Crippen molar-refractivity contribution in [2.24, 2.45) is 0 Å². The lowest BCUT2D eigenvalue weighted by atomic mass is 10.0. The van der Waals surface area contributed by atoms with E-state index in [1.165, 1.54) is 31.7 Å². The Labute approximate surface area is 158 Å². The van der Waals surface area contributed by atoms with Crippen molar-refractivity contribution in [3.05, 3.63) is 47.7 Å². The SMILES string of the molecule is C#CC(C)(C)NC(=O)c1ccc(F)nc1Nc1ccc(C2CCCC2)nc1. The molecule has 1 aliphatic rings. The molecule has 0 bridgehead atoms. The number of amides is 1. The maximum atomic E-state index is 13.7. The van der Waals surface area contributed by atoms with E-state index in [0.29, 0.717) is 11.6 Å². The monoisotopic (exact) mass is 366 g/mol. The highest BCUT2D eigenvalue weighted by atomic mass is 19.1. The predicted molar refractivity (Wildman–Crippen MR) is 103 cm³/mol. The number of hydrogen-bond acceptors (Lipinski definition) is 4. The summed E-state index contributed by atoms with van der Waals surface area (Å²) in [4.78, 5) is 20.9. The Balaban J connectivity index is 1.81. The van der Waals surface area contributed by atoms with Gasteiger partial charge in [-0.1, -0.05) is 18.8 Å². The van der Waals surface area contributed by atoms with Crippen LogP contribution in [0.4, 0.5) is 15.9 Å². The number of aromatic nitrogens is 2. The van der Waals surface area contributed by atoms with Gasteiger partial charge in [-0.3, -0.25) is 9.78 Å². The van der Waals surface area contributed by atoms with Crippen LogP contribution in [0.15, 0.2) is 30.5 Å². The molecule has 140 valence electrons. The van der Waals surface area contributed by atoms with E-state index in [1.807, 2.05) is 12.1 Å². The zero-order chi connectivity index (χ0) is 19.4. The van der Waals surface area contributed by atoms with Gasteiger partial charge in [-0.05, 0) is 51.0 Å². The van der Waals surface area contributed by atoms with E-state index in [-0.39, 0.29) is 11.4 Å². The summed E-state index contributed by atoms with van der Waals surface area (Å²) in [6.07, 6.45) is 11.9. The number of halogens is 1. The van der Waals surface area contributed by atoms with Crippen LogP contribution >= 0.6 is 0 Å². The van der Waals surface area contributed by atoms with Crippen molar-refractivity contribution >= 4 is 17.4 Å². The highest BCUT2D eigenvalue weighted by molar-refractivity contribution is 5.99. The Morgan fingerprint density at radius 1 is 1.26 bits per heavy atom. The van der Waals surface area contributed by atoms with Crippen molar-refractivity contribution < 1.29 is 9.18 Å². The summed E-state index contributed by atoms with van der Waals surface area (Å²) < 4.78 is 13.7. The minimum atomic E-state index is -0.826. The molecule has 3 rings (SSSR count). The Morgan fingerprint density at radius 2 is 2.00 bits per heavy atom. The molecule has 0 saturated heterocycles. The Hall–Kier alpha value is -2.94. The molecule has 0 spiro atoms. The van der Waals surface area contributed by atoms with Gasteiger partial charge in [0.05, 0.1) is 23.0 Å². The number of hydrogen-bond donors (Lipinski definition) is 2. The van der Waals surface area contributed by atoms with E-state index in [9.17, 15) is 9.18 Å². The van der Waals surface area contributed by atoms with Gasteiger partial charge >= 0.3 is 0 Å². The maximum absolute atomic E-state index is 13.7. The summed E-state index contributed by atoms with van der Waals surface area (Å²) in [5, 5.41) is 5.71. The molecule has 27 heavy (non-hydrogen) atoms. The highest BCUT2D eigenvalue weighted by Gasteiger charge is 2.22. The average Bonchev–Trinajstić information content (AvgIpc) is 3.17. The number of nitrogens with zero attached hydrogens (tertiary/aromatic N) is 2. The number of terminal acetylenes is 1. The molecule has 2 N–H and O–H groups in total. The fraction of sp³-hybridized carbons (Fsp3) is 0.381. The van der Waals surface area contributed by atoms with Crippen molar-refractivity contribution in [2.75, 3.05) is 5.32 Å². The van der Waals surface area contributed by atoms with Gasteiger partial charge in [0.25, 0.3) is 5.91 Å². The average molecular weight is 366 g/mol. The highest BCUT2D eigenvalue weighted by Crippen LogP contribution is 2.33. The van der Waals surface area contributed by atoms with Crippen LogP contribution in [0.3, 0.4) is 0 Å². The zero-order valence-electron chi connectivity index (χ0n) is 15.6. The molecule has 2 heterocycles. The molecular weight excluding hydrogens is 343 g/mol. The first-order valence-corrected chi connectivity index (χ1v) is 9.08. The van der Waals surface area contributed by atoms with E-state index in [2.05, 4.69) is 26.5 Å².